The molecule has 1 amide bonds. The van der Waals surface area contributed by atoms with Crippen molar-refractivity contribution in [2.45, 2.75) is 26.3 Å². The van der Waals surface area contributed by atoms with Crippen molar-refractivity contribution in [3.8, 4) is 0 Å². The number of aromatic nitrogens is 1. The molecule has 110 valence electrons. The third-order valence-electron chi connectivity index (χ3n) is 3.16. The van der Waals surface area contributed by atoms with E-state index >= 15 is 0 Å². The van der Waals surface area contributed by atoms with E-state index in [0.29, 0.717) is 11.4 Å². The summed E-state index contributed by atoms with van der Waals surface area (Å²) in [5.74, 6) is -0.379. The van der Waals surface area contributed by atoms with Crippen molar-refractivity contribution in [3.63, 3.8) is 0 Å². The Morgan fingerprint density at radius 2 is 2.00 bits per heavy atom. The molecule has 2 rings (SSSR count). The normalized spacial score (nSPS) is 12.0. The van der Waals surface area contributed by atoms with E-state index in [9.17, 15) is 9.59 Å². The molecule has 0 radical (unpaired) electrons. The highest BCUT2D eigenvalue weighted by molar-refractivity contribution is 6.31. The van der Waals surface area contributed by atoms with Crippen LogP contribution in [-0.4, -0.2) is 16.9 Å². The largest absolute Gasteiger partial charge is 0.349 e. The second-order valence-corrected chi connectivity index (χ2v) is 5.46. The summed E-state index contributed by atoms with van der Waals surface area (Å²) in [5, 5.41) is 3.49. The molecule has 0 saturated heterocycles. The minimum atomic E-state index is -0.379. The SMILES string of the molecule is Cc1ccc(C(=O)N[C@H](C)Cc2ccccc2Cl)c(=O)[nH]1. The molecular formula is C16H17ClN2O2. The van der Waals surface area contributed by atoms with Crippen molar-refractivity contribution in [2.75, 3.05) is 0 Å². The number of hydrogen-bond donors (Lipinski definition) is 2. The number of H-pyrrole nitrogens is 1. The van der Waals surface area contributed by atoms with E-state index < -0.39 is 0 Å². The lowest BCUT2D eigenvalue weighted by Crippen LogP contribution is -2.37. The Labute approximate surface area is 128 Å². The molecule has 0 bridgehead atoms. The molecular weight excluding hydrogens is 288 g/mol. The molecule has 4 nitrogen and oxygen atoms in total. The van der Waals surface area contributed by atoms with Gasteiger partial charge in [-0.25, -0.2) is 0 Å². The standard InChI is InChI=1S/C16H17ClN2O2/c1-10-7-8-13(15(20)18-10)16(21)19-11(2)9-12-5-3-4-6-14(12)17/h3-8,11H,9H2,1-2H3,(H,18,20)(H,19,21)/t11-/m1/s1. The number of hydrogen-bond acceptors (Lipinski definition) is 2. The fourth-order valence-corrected chi connectivity index (χ4v) is 2.31. The number of halogens is 1. The maximum Gasteiger partial charge on any atom is 0.260 e. The quantitative estimate of drug-likeness (QED) is 0.912. The number of rotatable bonds is 4. The van der Waals surface area contributed by atoms with Gasteiger partial charge in [-0.1, -0.05) is 29.8 Å². The van der Waals surface area contributed by atoms with E-state index in [1.54, 1.807) is 13.0 Å². The second kappa shape index (κ2) is 6.59. The van der Waals surface area contributed by atoms with Gasteiger partial charge in [-0.2, -0.15) is 0 Å². The first-order chi connectivity index (χ1) is 9.97. The number of benzene rings is 1. The summed E-state index contributed by atoms with van der Waals surface area (Å²) in [5.41, 5.74) is 1.43. The van der Waals surface area contributed by atoms with Crippen LogP contribution in [0.5, 0.6) is 0 Å². The van der Waals surface area contributed by atoms with Crippen molar-refractivity contribution in [3.05, 3.63) is 68.6 Å². The zero-order valence-electron chi connectivity index (χ0n) is 11.9. The molecule has 0 saturated carbocycles. The number of carbonyl (C=O) groups is 1. The molecule has 0 spiro atoms. The summed E-state index contributed by atoms with van der Waals surface area (Å²) in [4.78, 5) is 26.5. The fourth-order valence-electron chi connectivity index (χ4n) is 2.10. The lowest BCUT2D eigenvalue weighted by Gasteiger charge is -2.14. The molecule has 1 aromatic carbocycles. The van der Waals surface area contributed by atoms with Crippen LogP contribution in [0.4, 0.5) is 0 Å². The minimum absolute atomic E-state index is 0.117. The Bertz CT molecular complexity index is 709. The maximum atomic E-state index is 12.1. The molecule has 0 aliphatic heterocycles. The monoisotopic (exact) mass is 304 g/mol. The third-order valence-corrected chi connectivity index (χ3v) is 3.53. The van der Waals surface area contributed by atoms with E-state index in [1.165, 1.54) is 6.07 Å². The Balaban J connectivity index is 2.06. The molecule has 0 aliphatic rings. The molecule has 2 aromatic rings. The Morgan fingerprint density at radius 3 is 2.67 bits per heavy atom. The van der Waals surface area contributed by atoms with Crippen LogP contribution < -0.4 is 10.9 Å². The maximum absolute atomic E-state index is 12.1. The molecule has 0 fully saturated rings. The average molecular weight is 305 g/mol. The average Bonchev–Trinajstić information content (AvgIpc) is 2.41. The Morgan fingerprint density at radius 1 is 1.29 bits per heavy atom. The van der Waals surface area contributed by atoms with Crippen LogP contribution in [0.1, 0.15) is 28.5 Å². The van der Waals surface area contributed by atoms with Gasteiger partial charge in [-0.05, 0) is 44.0 Å². The smallest absolute Gasteiger partial charge is 0.260 e. The molecule has 0 aliphatic carbocycles. The summed E-state index contributed by atoms with van der Waals surface area (Å²) >= 11 is 6.10. The van der Waals surface area contributed by atoms with Gasteiger partial charge in [-0.15, -0.1) is 0 Å². The fraction of sp³-hybridized carbons (Fsp3) is 0.250. The predicted molar refractivity (Wildman–Crippen MR) is 83.9 cm³/mol. The highest BCUT2D eigenvalue weighted by atomic mass is 35.5. The Hall–Kier alpha value is -2.07. The van der Waals surface area contributed by atoms with Crippen LogP contribution in [0, 0.1) is 6.92 Å². The van der Waals surface area contributed by atoms with Gasteiger partial charge in [0.2, 0.25) is 0 Å². The second-order valence-electron chi connectivity index (χ2n) is 5.05. The van der Waals surface area contributed by atoms with E-state index in [2.05, 4.69) is 10.3 Å². The summed E-state index contributed by atoms with van der Waals surface area (Å²) < 4.78 is 0. The molecule has 21 heavy (non-hydrogen) atoms. The lowest BCUT2D eigenvalue weighted by molar-refractivity contribution is 0.0938. The van der Waals surface area contributed by atoms with Crippen LogP contribution in [-0.2, 0) is 6.42 Å². The highest BCUT2D eigenvalue weighted by Gasteiger charge is 2.14. The van der Waals surface area contributed by atoms with Gasteiger partial charge in [-0.3, -0.25) is 9.59 Å². The first-order valence-electron chi connectivity index (χ1n) is 6.71. The molecule has 0 unspecified atom stereocenters. The molecule has 1 aromatic heterocycles. The molecule has 1 heterocycles. The summed E-state index contributed by atoms with van der Waals surface area (Å²) in [6.45, 7) is 3.65. The van der Waals surface area contributed by atoms with Gasteiger partial charge in [0.25, 0.3) is 11.5 Å². The highest BCUT2D eigenvalue weighted by Crippen LogP contribution is 2.16. The van der Waals surface area contributed by atoms with Crippen molar-refractivity contribution in [1.82, 2.24) is 10.3 Å². The van der Waals surface area contributed by atoms with Gasteiger partial charge in [0, 0.05) is 16.8 Å². The number of pyridine rings is 1. The molecule has 2 N–H and O–H groups in total. The number of amides is 1. The third kappa shape index (κ3) is 3.95. The predicted octanol–water partition coefficient (Wildman–Crippen LogP) is 2.70. The first-order valence-corrected chi connectivity index (χ1v) is 7.09. The van der Waals surface area contributed by atoms with Gasteiger partial charge in [0.1, 0.15) is 5.56 Å². The lowest BCUT2D eigenvalue weighted by atomic mass is 10.1. The van der Waals surface area contributed by atoms with E-state index in [1.807, 2.05) is 31.2 Å². The van der Waals surface area contributed by atoms with Crippen molar-refractivity contribution >= 4 is 17.5 Å². The first kappa shape index (κ1) is 15.3. The Kier molecular flexibility index (Phi) is 4.81. The van der Waals surface area contributed by atoms with Gasteiger partial charge in [0.05, 0.1) is 0 Å². The topological polar surface area (TPSA) is 62.0 Å². The van der Waals surface area contributed by atoms with Crippen LogP contribution in [0.15, 0.2) is 41.2 Å². The van der Waals surface area contributed by atoms with E-state index in [0.717, 1.165) is 11.3 Å². The van der Waals surface area contributed by atoms with Crippen molar-refractivity contribution in [2.24, 2.45) is 0 Å². The van der Waals surface area contributed by atoms with Gasteiger partial charge < -0.3 is 10.3 Å². The van der Waals surface area contributed by atoms with E-state index in [-0.39, 0.29) is 23.1 Å². The van der Waals surface area contributed by atoms with Gasteiger partial charge in [0.15, 0.2) is 0 Å². The number of carbonyl (C=O) groups excluding carboxylic acids is 1. The van der Waals surface area contributed by atoms with Crippen LogP contribution >= 0.6 is 11.6 Å². The van der Waals surface area contributed by atoms with E-state index in [4.69, 9.17) is 11.6 Å². The van der Waals surface area contributed by atoms with Crippen LogP contribution in [0.3, 0.4) is 0 Å². The number of nitrogens with one attached hydrogen (secondary N) is 2. The zero-order valence-corrected chi connectivity index (χ0v) is 12.7. The summed E-state index contributed by atoms with van der Waals surface area (Å²) in [6.07, 6.45) is 0.606. The molecule has 5 heteroatoms. The summed E-state index contributed by atoms with van der Waals surface area (Å²) in [7, 11) is 0. The van der Waals surface area contributed by atoms with Crippen LogP contribution in [0.2, 0.25) is 5.02 Å². The zero-order chi connectivity index (χ0) is 15.4. The van der Waals surface area contributed by atoms with Crippen molar-refractivity contribution < 1.29 is 4.79 Å². The summed E-state index contributed by atoms with van der Waals surface area (Å²) in [6, 6.07) is 10.6. The number of aromatic amines is 1. The minimum Gasteiger partial charge on any atom is -0.349 e. The van der Waals surface area contributed by atoms with Crippen LogP contribution in [0.25, 0.3) is 0 Å². The molecule has 1 atom stereocenters. The van der Waals surface area contributed by atoms with Crippen molar-refractivity contribution in [1.29, 1.82) is 0 Å². The number of aryl methyl sites for hydroxylation is 1. The van der Waals surface area contributed by atoms with Gasteiger partial charge >= 0.3 is 0 Å².